The van der Waals surface area contributed by atoms with E-state index in [-0.39, 0.29) is 6.04 Å². The summed E-state index contributed by atoms with van der Waals surface area (Å²) in [5.41, 5.74) is 1.99. The second kappa shape index (κ2) is 5.08. The highest BCUT2D eigenvalue weighted by molar-refractivity contribution is 6.42. The van der Waals surface area contributed by atoms with Crippen molar-refractivity contribution in [3.63, 3.8) is 0 Å². The SMILES string of the molecule is CNC(c1ccc(Cl)c(Cl)c1)c1cn(C)cn1. The van der Waals surface area contributed by atoms with E-state index in [0.717, 1.165) is 11.3 Å². The summed E-state index contributed by atoms with van der Waals surface area (Å²) in [7, 11) is 3.83. The molecule has 1 aromatic heterocycles. The third-order valence-corrected chi connectivity index (χ3v) is 3.33. The topological polar surface area (TPSA) is 29.9 Å². The smallest absolute Gasteiger partial charge is 0.0947 e. The van der Waals surface area contributed by atoms with Gasteiger partial charge < -0.3 is 9.88 Å². The summed E-state index contributed by atoms with van der Waals surface area (Å²) in [6.45, 7) is 0. The number of rotatable bonds is 3. The molecule has 0 spiro atoms. The third-order valence-electron chi connectivity index (χ3n) is 2.59. The minimum atomic E-state index is 0.0194. The van der Waals surface area contributed by atoms with Crippen LogP contribution < -0.4 is 5.32 Å². The van der Waals surface area contributed by atoms with Crippen LogP contribution in [0.1, 0.15) is 17.3 Å². The van der Waals surface area contributed by atoms with Crippen LogP contribution in [0.25, 0.3) is 0 Å². The van der Waals surface area contributed by atoms with Crippen LogP contribution in [-0.2, 0) is 7.05 Å². The molecule has 0 bridgehead atoms. The highest BCUT2D eigenvalue weighted by Crippen LogP contribution is 2.27. The Morgan fingerprint density at radius 3 is 2.59 bits per heavy atom. The molecule has 1 heterocycles. The number of benzene rings is 1. The fourth-order valence-corrected chi connectivity index (χ4v) is 2.07. The molecule has 0 aliphatic heterocycles. The first-order valence-corrected chi connectivity index (χ1v) is 5.97. The highest BCUT2D eigenvalue weighted by atomic mass is 35.5. The molecule has 0 fully saturated rings. The average molecular weight is 270 g/mol. The number of halogens is 2. The number of hydrogen-bond acceptors (Lipinski definition) is 2. The molecule has 3 nitrogen and oxygen atoms in total. The maximum Gasteiger partial charge on any atom is 0.0947 e. The highest BCUT2D eigenvalue weighted by Gasteiger charge is 2.15. The van der Waals surface area contributed by atoms with Gasteiger partial charge in [-0.15, -0.1) is 0 Å². The molecular weight excluding hydrogens is 257 g/mol. The van der Waals surface area contributed by atoms with Gasteiger partial charge in [0.2, 0.25) is 0 Å². The van der Waals surface area contributed by atoms with Gasteiger partial charge in [-0.1, -0.05) is 29.3 Å². The van der Waals surface area contributed by atoms with Crippen LogP contribution in [0, 0.1) is 0 Å². The zero-order chi connectivity index (χ0) is 12.4. The fourth-order valence-electron chi connectivity index (χ4n) is 1.76. The Kier molecular flexibility index (Phi) is 3.72. The molecule has 0 saturated heterocycles. The molecule has 0 radical (unpaired) electrons. The molecule has 2 aromatic rings. The van der Waals surface area contributed by atoms with Gasteiger partial charge in [-0.05, 0) is 24.7 Å². The lowest BCUT2D eigenvalue weighted by Gasteiger charge is -2.14. The molecule has 90 valence electrons. The van der Waals surface area contributed by atoms with Crippen molar-refractivity contribution in [2.24, 2.45) is 7.05 Å². The average Bonchev–Trinajstić information content (AvgIpc) is 2.71. The molecule has 5 heteroatoms. The maximum absolute atomic E-state index is 6.02. The second-order valence-electron chi connectivity index (χ2n) is 3.86. The fraction of sp³-hybridized carbons (Fsp3) is 0.250. The van der Waals surface area contributed by atoms with E-state index < -0.39 is 0 Å². The van der Waals surface area contributed by atoms with E-state index in [1.54, 1.807) is 12.4 Å². The van der Waals surface area contributed by atoms with Crippen LogP contribution in [0.3, 0.4) is 0 Å². The van der Waals surface area contributed by atoms with Crippen LogP contribution >= 0.6 is 23.2 Å². The monoisotopic (exact) mass is 269 g/mol. The lowest BCUT2D eigenvalue weighted by atomic mass is 10.0. The van der Waals surface area contributed by atoms with Crippen molar-refractivity contribution in [1.82, 2.24) is 14.9 Å². The van der Waals surface area contributed by atoms with E-state index in [2.05, 4.69) is 10.3 Å². The summed E-state index contributed by atoms with van der Waals surface area (Å²) in [6, 6.07) is 5.63. The molecular formula is C12H13Cl2N3. The van der Waals surface area contributed by atoms with Gasteiger partial charge in [-0.25, -0.2) is 4.98 Å². The Morgan fingerprint density at radius 2 is 2.06 bits per heavy atom. The molecule has 1 atom stereocenters. The number of aromatic nitrogens is 2. The summed E-state index contributed by atoms with van der Waals surface area (Å²) in [5.74, 6) is 0. The molecule has 1 N–H and O–H groups in total. The molecule has 1 unspecified atom stereocenters. The molecule has 17 heavy (non-hydrogen) atoms. The second-order valence-corrected chi connectivity index (χ2v) is 4.67. The maximum atomic E-state index is 6.02. The number of hydrogen-bond donors (Lipinski definition) is 1. The predicted molar refractivity (Wildman–Crippen MR) is 70.6 cm³/mol. The van der Waals surface area contributed by atoms with E-state index >= 15 is 0 Å². The van der Waals surface area contributed by atoms with Crippen LogP contribution in [0.5, 0.6) is 0 Å². The standard InChI is InChI=1S/C12H13Cl2N3/c1-15-12(11-6-17(2)7-16-11)8-3-4-9(13)10(14)5-8/h3-7,12,15H,1-2H3. The lowest BCUT2D eigenvalue weighted by molar-refractivity contribution is 0.674. The van der Waals surface area contributed by atoms with Crippen LogP contribution in [0.2, 0.25) is 10.0 Å². The van der Waals surface area contributed by atoms with Gasteiger partial charge in [0, 0.05) is 13.2 Å². The van der Waals surface area contributed by atoms with Crippen molar-refractivity contribution >= 4 is 23.2 Å². The predicted octanol–water partition coefficient (Wildman–Crippen LogP) is 3.04. The number of nitrogens with zero attached hydrogens (tertiary/aromatic N) is 2. The number of nitrogens with one attached hydrogen (secondary N) is 1. The first-order valence-electron chi connectivity index (χ1n) is 5.22. The van der Waals surface area contributed by atoms with E-state index in [9.17, 15) is 0 Å². The molecule has 0 amide bonds. The summed E-state index contributed by atoms with van der Waals surface area (Å²) in [4.78, 5) is 4.34. The van der Waals surface area contributed by atoms with Crippen molar-refractivity contribution in [1.29, 1.82) is 0 Å². The lowest BCUT2D eigenvalue weighted by Crippen LogP contribution is -2.18. The Balaban J connectivity index is 2.38. The van der Waals surface area contributed by atoms with Crippen molar-refractivity contribution in [3.05, 3.63) is 52.0 Å². The summed E-state index contributed by atoms with van der Waals surface area (Å²) in [5, 5.41) is 4.33. The molecule has 2 rings (SSSR count). The quantitative estimate of drug-likeness (QED) is 0.929. The molecule has 0 aliphatic rings. The zero-order valence-corrected chi connectivity index (χ0v) is 11.1. The first-order chi connectivity index (χ1) is 8.11. The normalized spacial score (nSPS) is 12.7. The van der Waals surface area contributed by atoms with E-state index in [1.807, 2.05) is 37.0 Å². The summed E-state index contributed by atoms with van der Waals surface area (Å²) < 4.78 is 1.91. The number of aryl methyl sites for hydroxylation is 1. The minimum absolute atomic E-state index is 0.0194. The largest absolute Gasteiger partial charge is 0.340 e. The summed E-state index contributed by atoms with van der Waals surface area (Å²) in [6.07, 6.45) is 3.75. The van der Waals surface area contributed by atoms with Crippen molar-refractivity contribution < 1.29 is 0 Å². The van der Waals surface area contributed by atoms with Crippen LogP contribution in [-0.4, -0.2) is 16.6 Å². The van der Waals surface area contributed by atoms with Gasteiger partial charge in [0.15, 0.2) is 0 Å². The number of imidazole rings is 1. The Hall–Kier alpha value is -1.03. The van der Waals surface area contributed by atoms with Crippen LogP contribution in [0.15, 0.2) is 30.7 Å². The molecule has 0 aliphatic carbocycles. The van der Waals surface area contributed by atoms with Gasteiger partial charge in [0.25, 0.3) is 0 Å². The van der Waals surface area contributed by atoms with Gasteiger partial charge in [0.05, 0.1) is 28.1 Å². The zero-order valence-electron chi connectivity index (χ0n) is 9.61. The van der Waals surface area contributed by atoms with Gasteiger partial charge >= 0.3 is 0 Å². The Morgan fingerprint density at radius 1 is 1.29 bits per heavy atom. The molecule has 1 aromatic carbocycles. The third kappa shape index (κ3) is 2.63. The van der Waals surface area contributed by atoms with Crippen molar-refractivity contribution in [3.8, 4) is 0 Å². The Labute approximate surface area is 110 Å². The first kappa shape index (κ1) is 12.4. The van der Waals surface area contributed by atoms with Gasteiger partial charge in [-0.3, -0.25) is 0 Å². The van der Waals surface area contributed by atoms with Crippen molar-refractivity contribution in [2.75, 3.05) is 7.05 Å². The van der Waals surface area contributed by atoms with Gasteiger partial charge in [-0.2, -0.15) is 0 Å². The van der Waals surface area contributed by atoms with E-state index in [1.165, 1.54) is 0 Å². The van der Waals surface area contributed by atoms with Gasteiger partial charge in [0.1, 0.15) is 0 Å². The molecule has 0 saturated carbocycles. The Bertz CT molecular complexity index is 522. The van der Waals surface area contributed by atoms with Crippen molar-refractivity contribution in [2.45, 2.75) is 6.04 Å². The summed E-state index contributed by atoms with van der Waals surface area (Å²) >= 11 is 11.9. The van der Waals surface area contributed by atoms with E-state index in [4.69, 9.17) is 23.2 Å². The van der Waals surface area contributed by atoms with Crippen LogP contribution in [0.4, 0.5) is 0 Å². The minimum Gasteiger partial charge on any atom is -0.340 e. The van der Waals surface area contributed by atoms with E-state index in [0.29, 0.717) is 10.0 Å².